The SMILES string of the molecule is O=C(O)CC(=O)Nc1ccc(C(=O)O)cc1[N+](=O)[O-]. The molecule has 0 aliphatic heterocycles. The Morgan fingerprint density at radius 2 is 1.89 bits per heavy atom. The van der Waals surface area contributed by atoms with E-state index >= 15 is 0 Å². The molecule has 0 spiro atoms. The molecule has 0 saturated heterocycles. The third-order valence-electron chi connectivity index (χ3n) is 2.03. The quantitative estimate of drug-likeness (QED) is 0.404. The number of aromatic carboxylic acids is 1. The van der Waals surface area contributed by atoms with Crippen LogP contribution in [0.25, 0.3) is 0 Å². The number of nitro groups is 1. The van der Waals surface area contributed by atoms with Crippen molar-refractivity contribution in [2.24, 2.45) is 0 Å². The van der Waals surface area contributed by atoms with Crippen molar-refractivity contribution in [3.05, 3.63) is 33.9 Å². The molecule has 0 heterocycles. The number of carboxylic acids is 2. The number of hydrogen-bond donors (Lipinski definition) is 3. The molecular formula is C10H8N2O7. The summed E-state index contributed by atoms with van der Waals surface area (Å²) in [5.74, 6) is -3.69. The molecule has 0 aliphatic carbocycles. The van der Waals surface area contributed by atoms with Gasteiger partial charge in [-0.25, -0.2) is 4.79 Å². The normalized spacial score (nSPS) is 9.68. The van der Waals surface area contributed by atoms with Crippen LogP contribution in [0.4, 0.5) is 11.4 Å². The first-order chi connectivity index (χ1) is 8.81. The summed E-state index contributed by atoms with van der Waals surface area (Å²) < 4.78 is 0. The summed E-state index contributed by atoms with van der Waals surface area (Å²) in [5, 5.41) is 29.9. The van der Waals surface area contributed by atoms with Crippen LogP contribution in [-0.4, -0.2) is 33.0 Å². The molecule has 0 fully saturated rings. The fourth-order valence-electron chi connectivity index (χ4n) is 1.25. The topological polar surface area (TPSA) is 147 Å². The van der Waals surface area contributed by atoms with E-state index in [9.17, 15) is 24.5 Å². The Bertz CT molecular complexity index is 567. The maximum absolute atomic E-state index is 11.2. The number of hydrogen-bond acceptors (Lipinski definition) is 5. The molecule has 0 bridgehead atoms. The van der Waals surface area contributed by atoms with Crippen LogP contribution in [0.5, 0.6) is 0 Å². The molecule has 0 saturated carbocycles. The molecule has 0 radical (unpaired) electrons. The molecule has 1 aromatic carbocycles. The highest BCUT2D eigenvalue weighted by atomic mass is 16.6. The van der Waals surface area contributed by atoms with Gasteiger partial charge in [-0.1, -0.05) is 0 Å². The van der Waals surface area contributed by atoms with Crippen molar-refractivity contribution >= 4 is 29.2 Å². The number of nitrogens with one attached hydrogen (secondary N) is 1. The Hall–Kier alpha value is -2.97. The van der Waals surface area contributed by atoms with Crippen molar-refractivity contribution < 1.29 is 29.5 Å². The fraction of sp³-hybridized carbons (Fsp3) is 0.100. The average Bonchev–Trinajstić information content (AvgIpc) is 2.27. The maximum Gasteiger partial charge on any atom is 0.335 e. The summed E-state index contributed by atoms with van der Waals surface area (Å²) in [4.78, 5) is 42.0. The van der Waals surface area contributed by atoms with Crippen molar-refractivity contribution in [3.63, 3.8) is 0 Å². The van der Waals surface area contributed by atoms with Gasteiger partial charge in [0.05, 0.1) is 10.5 Å². The highest BCUT2D eigenvalue weighted by Crippen LogP contribution is 2.25. The van der Waals surface area contributed by atoms with Crippen LogP contribution in [0.15, 0.2) is 18.2 Å². The number of benzene rings is 1. The van der Waals surface area contributed by atoms with E-state index in [4.69, 9.17) is 10.2 Å². The average molecular weight is 268 g/mol. The molecule has 0 atom stereocenters. The number of anilines is 1. The lowest BCUT2D eigenvalue weighted by Crippen LogP contribution is -2.17. The fourth-order valence-corrected chi connectivity index (χ4v) is 1.25. The van der Waals surface area contributed by atoms with Gasteiger partial charge in [0.2, 0.25) is 5.91 Å². The molecule has 9 heteroatoms. The minimum Gasteiger partial charge on any atom is -0.481 e. The molecule has 3 N–H and O–H groups in total. The van der Waals surface area contributed by atoms with Crippen molar-refractivity contribution in [3.8, 4) is 0 Å². The number of carbonyl (C=O) groups excluding carboxylic acids is 1. The van der Waals surface area contributed by atoms with Crippen molar-refractivity contribution in [2.45, 2.75) is 6.42 Å². The van der Waals surface area contributed by atoms with Gasteiger partial charge >= 0.3 is 11.9 Å². The number of aliphatic carboxylic acids is 1. The smallest absolute Gasteiger partial charge is 0.335 e. The van der Waals surface area contributed by atoms with Gasteiger partial charge in [-0.3, -0.25) is 19.7 Å². The number of carbonyl (C=O) groups is 3. The minimum atomic E-state index is -1.39. The zero-order valence-electron chi connectivity index (χ0n) is 9.32. The summed E-state index contributed by atoms with van der Waals surface area (Å²) in [5.41, 5.74) is -1.21. The third-order valence-corrected chi connectivity index (χ3v) is 2.03. The lowest BCUT2D eigenvalue weighted by atomic mass is 10.1. The van der Waals surface area contributed by atoms with Gasteiger partial charge in [0.1, 0.15) is 12.1 Å². The van der Waals surface area contributed by atoms with Gasteiger partial charge in [0, 0.05) is 6.07 Å². The molecule has 1 aromatic rings. The maximum atomic E-state index is 11.2. The lowest BCUT2D eigenvalue weighted by molar-refractivity contribution is -0.384. The van der Waals surface area contributed by atoms with E-state index in [1.807, 2.05) is 5.32 Å². The molecule has 100 valence electrons. The molecule has 0 aromatic heterocycles. The van der Waals surface area contributed by atoms with E-state index in [2.05, 4.69) is 0 Å². The van der Waals surface area contributed by atoms with Gasteiger partial charge in [-0.2, -0.15) is 0 Å². The second-order valence-corrected chi connectivity index (χ2v) is 3.41. The molecule has 19 heavy (non-hydrogen) atoms. The van der Waals surface area contributed by atoms with Crippen LogP contribution in [0, 0.1) is 10.1 Å². The monoisotopic (exact) mass is 268 g/mol. The van der Waals surface area contributed by atoms with Crippen LogP contribution in [-0.2, 0) is 9.59 Å². The van der Waals surface area contributed by atoms with Gasteiger partial charge in [0.25, 0.3) is 5.69 Å². The standard InChI is InChI=1S/C10H8N2O7/c13-8(4-9(14)15)11-6-2-1-5(10(16)17)3-7(6)12(18)19/h1-3H,4H2,(H,11,13)(H,14,15)(H,16,17). The van der Waals surface area contributed by atoms with Gasteiger partial charge < -0.3 is 15.5 Å². The summed E-state index contributed by atoms with van der Waals surface area (Å²) in [6.07, 6.45) is -0.849. The number of nitro benzene ring substituents is 1. The van der Waals surface area contributed by atoms with Crippen molar-refractivity contribution in [1.29, 1.82) is 0 Å². The molecule has 1 amide bonds. The number of rotatable bonds is 5. The van der Waals surface area contributed by atoms with Gasteiger partial charge in [-0.15, -0.1) is 0 Å². The Balaban J connectivity index is 3.07. The van der Waals surface area contributed by atoms with Gasteiger partial charge in [-0.05, 0) is 12.1 Å². The molecule has 9 nitrogen and oxygen atoms in total. The zero-order chi connectivity index (χ0) is 14.6. The lowest BCUT2D eigenvalue weighted by Gasteiger charge is -2.05. The predicted molar refractivity (Wildman–Crippen MR) is 60.9 cm³/mol. The minimum absolute atomic E-state index is 0.263. The first kappa shape index (κ1) is 14.1. The van der Waals surface area contributed by atoms with Crippen LogP contribution in [0.3, 0.4) is 0 Å². The molecule has 1 rings (SSSR count). The highest BCUT2D eigenvalue weighted by Gasteiger charge is 2.19. The molecule has 0 unspecified atom stereocenters. The second-order valence-electron chi connectivity index (χ2n) is 3.41. The van der Waals surface area contributed by atoms with E-state index < -0.39 is 34.9 Å². The first-order valence-corrected chi connectivity index (χ1v) is 4.84. The Morgan fingerprint density at radius 3 is 2.37 bits per heavy atom. The summed E-state index contributed by atoms with van der Waals surface area (Å²) >= 11 is 0. The van der Waals surface area contributed by atoms with E-state index in [0.717, 1.165) is 18.2 Å². The summed E-state index contributed by atoms with van der Waals surface area (Å²) in [6, 6.07) is 2.87. The Morgan fingerprint density at radius 1 is 1.26 bits per heavy atom. The van der Waals surface area contributed by atoms with E-state index in [0.29, 0.717) is 0 Å². The van der Waals surface area contributed by atoms with Crippen molar-refractivity contribution in [2.75, 3.05) is 5.32 Å². The number of amides is 1. The second kappa shape index (κ2) is 5.58. The molecule has 0 aliphatic rings. The van der Waals surface area contributed by atoms with Crippen LogP contribution >= 0.6 is 0 Å². The van der Waals surface area contributed by atoms with E-state index in [1.54, 1.807) is 0 Å². The number of carboxylic acid groups (broad SMARTS) is 2. The van der Waals surface area contributed by atoms with Crippen molar-refractivity contribution in [1.82, 2.24) is 0 Å². The largest absolute Gasteiger partial charge is 0.481 e. The van der Waals surface area contributed by atoms with Crippen LogP contribution < -0.4 is 5.32 Å². The summed E-state index contributed by atoms with van der Waals surface area (Å²) in [7, 11) is 0. The Labute approximate surface area is 105 Å². The van der Waals surface area contributed by atoms with Gasteiger partial charge in [0.15, 0.2) is 0 Å². The van der Waals surface area contributed by atoms with Crippen LogP contribution in [0.1, 0.15) is 16.8 Å². The predicted octanol–water partition coefficient (Wildman–Crippen LogP) is 0.706. The molecular weight excluding hydrogens is 260 g/mol. The highest BCUT2D eigenvalue weighted by molar-refractivity contribution is 6.02. The van der Waals surface area contributed by atoms with E-state index in [1.165, 1.54) is 0 Å². The van der Waals surface area contributed by atoms with Crippen LogP contribution in [0.2, 0.25) is 0 Å². The zero-order valence-corrected chi connectivity index (χ0v) is 9.32. The number of nitrogens with zero attached hydrogens (tertiary/aromatic N) is 1. The first-order valence-electron chi connectivity index (χ1n) is 4.84. The third kappa shape index (κ3) is 3.77. The van der Waals surface area contributed by atoms with E-state index in [-0.39, 0.29) is 11.3 Å². The summed E-state index contributed by atoms with van der Waals surface area (Å²) in [6.45, 7) is 0. The Kier molecular flexibility index (Phi) is 4.14.